The molecule has 1 aliphatic heterocycles. The zero-order chi connectivity index (χ0) is 23.6. The molecule has 33 heavy (non-hydrogen) atoms. The van der Waals surface area contributed by atoms with Crippen LogP contribution in [0.25, 0.3) is 11.4 Å². The summed E-state index contributed by atoms with van der Waals surface area (Å²) < 4.78 is 50.3. The number of hydrogen-bond donors (Lipinski definition) is 0. The lowest BCUT2D eigenvalue weighted by Gasteiger charge is -2.33. The number of methoxy groups -OCH3 is 1. The average Bonchev–Trinajstić information content (AvgIpc) is 3.14. The monoisotopic (exact) mass is 491 g/mol. The van der Waals surface area contributed by atoms with E-state index < -0.39 is 15.8 Å². The first kappa shape index (κ1) is 23.6. The van der Waals surface area contributed by atoms with Gasteiger partial charge in [0.15, 0.2) is 10.6 Å². The summed E-state index contributed by atoms with van der Waals surface area (Å²) in [5.41, 5.74) is 0.909. The van der Waals surface area contributed by atoms with Gasteiger partial charge in [-0.1, -0.05) is 18.2 Å². The zero-order valence-electron chi connectivity index (χ0n) is 18.5. The first-order chi connectivity index (χ1) is 15.8. The second kappa shape index (κ2) is 9.72. The minimum absolute atomic E-state index is 0.0252. The van der Waals surface area contributed by atoms with Crippen molar-refractivity contribution in [2.75, 3.05) is 33.3 Å². The SMILES string of the molecule is CCn1c(-c2cccc(OC)c2)nn(CN2CCN(S(=O)(=O)c3cccc(F)c3)CC2)c1=S. The van der Waals surface area contributed by atoms with Crippen molar-refractivity contribution in [3.63, 3.8) is 0 Å². The Bertz CT molecular complexity index is 1300. The molecule has 0 unspecified atom stereocenters. The predicted octanol–water partition coefficient (Wildman–Crippen LogP) is 3.21. The van der Waals surface area contributed by atoms with Crippen LogP contribution < -0.4 is 4.74 Å². The van der Waals surface area contributed by atoms with E-state index in [1.165, 1.54) is 22.5 Å². The normalized spacial score (nSPS) is 15.6. The van der Waals surface area contributed by atoms with Crippen molar-refractivity contribution in [3.8, 4) is 17.1 Å². The maximum absolute atomic E-state index is 13.5. The predicted molar refractivity (Wildman–Crippen MR) is 125 cm³/mol. The van der Waals surface area contributed by atoms with Crippen LogP contribution >= 0.6 is 12.2 Å². The number of sulfonamides is 1. The summed E-state index contributed by atoms with van der Waals surface area (Å²) in [5.74, 6) is 0.933. The second-order valence-corrected chi connectivity index (χ2v) is 10.0. The Labute approximate surface area is 197 Å². The lowest BCUT2D eigenvalue weighted by atomic mass is 10.2. The molecule has 0 aliphatic carbocycles. The van der Waals surface area contributed by atoms with Gasteiger partial charge in [0.25, 0.3) is 0 Å². The minimum Gasteiger partial charge on any atom is -0.497 e. The maximum Gasteiger partial charge on any atom is 0.243 e. The van der Waals surface area contributed by atoms with Crippen molar-refractivity contribution in [1.82, 2.24) is 23.6 Å². The molecular weight excluding hydrogens is 465 g/mol. The van der Waals surface area contributed by atoms with Crippen LogP contribution in [0.15, 0.2) is 53.4 Å². The lowest BCUT2D eigenvalue weighted by Crippen LogP contribution is -2.48. The summed E-state index contributed by atoms with van der Waals surface area (Å²) in [5, 5.41) is 4.75. The number of nitrogens with zero attached hydrogens (tertiary/aromatic N) is 5. The van der Waals surface area contributed by atoms with Crippen LogP contribution in [0.2, 0.25) is 0 Å². The molecule has 0 amide bonds. The Morgan fingerprint density at radius 2 is 1.82 bits per heavy atom. The molecule has 1 saturated heterocycles. The highest BCUT2D eigenvalue weighted by atomic mass is 32.2. The van der Waals surface area contributed by atoms with Crippen molar-refractivity contribution in [1.29, 1.82) is 0 Å². The van der Waals surface area contributed by atoms with E-state index in [2.05, 4.69) is 4.90 Å². The van der Waals surface area contributed by atoms with Gasteiger partial charge in [-0.2, -0.15) is 9.40 Å². The molecule has 176 valence electrons. The zero-order valence-corrected chi connectivity index (χ0v) is 20.1. The fourth-order valence-corrected chi connectivity index (χ4v) is 5.64. The molecule has 1 aliphatic rings. The van der Waals surface area contributed by atoms with E-state index in [1.54, 1.807) is 11.8 Å². The Morgan fingerprint density at radius 1 is 1.09 bits per heavy atom. The van der Waals surface area contributed by atoms with E-state index in [0.29, 0.717) is 44.2 Å². The Morgan fingerprint density at radius 3 is 2.48 bits per heavy atom. The van der Waals surface area contributed by atoms with E-state index in [0.717, 1.165) is 23.2 Å². The highest BCUT2D eigenvalue weighted by molar-refractivity contribution is 7.89. The molecule has 11 heteroatoms. The summed E-state index contributed by atoms with van der Waals surface area (Å²) in [4.78, 5) is 2.08. The third kappa shape index (κ3) is 4.86. The largest absolute Gasteiger partial charge is 0.497 e. The molecule has 1 fully saturated rings. The molecule has 3 aromatic rings. The lowest BCUT2D eigenvalue weighted by molar-refractivity contribution is 0.144. The van der Waals surface area contributed by atoms with Crippen molar-refractivity contribution in [2.45, 2.75) is 25.0 Å². The molecule has 1 aromatic heterocycles. The fourth-order valence-electron chi connectivity index (χ4n) is 3.87. The molecule has 0 saturated carbocycles. The number of benzene rings is 2. The van der Waals surface area contributed by atoms with Crippen LogP contribution in [-0.2, 0) is 23.2 Å². The summed E-state index contributed by atoms with van der Waals surface area (Å²) in [6.07, 6.45) is 0. The second-order valence-electron chi connectivity index (χ2n) is 7.70. The molecule has 4 rings (SSSR count). The minimum atomic E-state index is -3.73. The van der Waals surface area contributed by atoms with Gasteiger partial charge in [-0.3, -0.25) is 4.90 Å². The topological polar surface area (TPSA) is 72.6 Å². The molecule has 2 aromatic carbocycles. The Balaban J connectivity index is 1.49. The fraction of sp³-hybridized carbons (Fsp3) is 0.364. The van der Waals surface area contributed by atoms with Crippen LogP contribution in [0.4, 0.5) is 4.39 Å². The van der Waals surface area contributed by atoms with Gasteiger partial charge in [0.1, 0.15) is 11.6 Å². The third-order valence-corrected chi connectivity index (χ3v) is 7.99. The molecular formula is C22H26FN5O3S2. The van der Waals surface area contributed by atoms with Gasteiger partial charge in [0.05, 0.1) is 18.7 Å². The Kier molecular flexibility index (Phi) is 6.94. The van der Waals surface area contributed by atoms with Gasteiger partial charge in [-0.15, -0.1) is 0 Å². The number of rotatable bonds is 7. The Hall–Kier alpha value is -2.60. The van der Waals surface area contributed by atoms with E-state index >= 15 is 0 Å². The summed E-state index contributed by atoms with van der Waals surface area (Å²) in [6.45, 7) is 4.80. The summed E-state index contributed by atoms with van der Waals surface area (Å²) >= 11 is 5.66. The van der Waals surface area contributed by atoms with Gasteiger partial charge >= 0.3 is 0 Å². The van der Waals surface area contributed by atoms with Gasteiger partial charge < -0.3 is 9.30 Å². The highest BCUT2D eigenvalue weighted by Gasteiger charge is 2.29. The van der Waals surface area contributed by atoms with Crippen molar-refractivity contribution in [3.05, 3.63) is 59.1 Å². The number of halogens is 1. The van der Waals surface area contributed by atoms with E-state index in [1.807, 2.05) is 35.8 Å². The van der Waals surface area contributed by atoms with Crippen molar-refractivity contribution in [2.24, 2.45) is 0 Å². The molecule has 0 atom stereocenters. The van der Waals surface area contributed by atoms with E-state index in [-0.39, 0.29) is 4.90 Å². The van der Waals surface area contributed by atoms with Gasteiger partial charge in [0.2, 0.25) is 10.0 Å². The molecule has 2 heterocycles. The van der Waals surface area contributed by atoms with Crippen LogP contribution in [0.5, 0.6) is 5.75 Å². The summed E-state index contributed by atoms with van der Waals surface area (Å²) in [6, 6.07) is 12.8. The average molecular weight is 492 g/mol. The molecule has 0 radical (unpaired) electrons. The van der Waals surface area contributed by atoms with E-state index in [4.69, 9.17) is 22.1 Å². The van der Waals surface area contributed by atoms with Crippen molar-refractivity contribution >= 4 is 22.2 Å². The number of hydrogen-bond acceptors (Lipinski definition) is 6. The summed E-state index contributed by atoms with van der Waals surface area (Å²) in [7, 11) is -2.11. The number of ether oxygens (including phenoxy) is 1. The van der Waals surface area contributed by atoms with Crippen LogP contribution in [0.3, 0.4) is 0 Å². The maximum atomic E-state index is 13.5. The standard InChI is InChI=1S/C22H26FN5O3S2/c1-3-27-21(17-6-4-8-19(14-17)31-2)24-28(22(27)32)16-25-10-12-26(13-11-25)33(29,30)20-9-5-7-18(23)15-20/h4-9,14-15H,3,10-13,16H2,1-2H3. The quantitative estimate of drug-likeness (QED) is 0.473. The van der Waals surface area contributed by atoms with Gasteiger partial charge in [-0.25, -0.2) is 17.5 Å². The van der Waals surface area contributed by atoms with Crippen molar-refractivity contribution < 1.29 is 17.5 Å². The van der Waals surface area contributed by atoms with E-state index in [9.17, 15) is 12.8 Å². The van der Waals surface area contributed by atoms with Gasteiger partial charge in [0, 0.05) is 38.3 Å². The molecule has 0 N–H and O–H groups in total. The highest BCUT2D eigenvalue weighted by Crippen LogP contribution is 2.24. The van der Waals surface area contributed by atoms with Gasteiger partial charge in [-0.05, 0) is 49.5 Å². The number of aromatic nitrogens is 3. The molecule has 0 spiro atoms. The molecule has 0 bridgehead atoms. The number of piperazine rings is 1. The third-order valence-electron chi connectivity index (χ3n) is 5.67. The smallest absolute Gasteiger partial charge is 0.243 e. The van der Waals surface area contributed by atoms with Crippen LogP contribution in [-0.4, -0.2) is 65.3 Å². The van der Waals surface area contributed by atoms with Crippen LogP contribution in [0.1, 0.15) is 6.92 Å². The first-order valence-electron chi connectivity index (χ1n) is 10.6. The molecule has 8 nitrogen and oxygen atoms in total. The van der Waals surface area contributed by atoms with Crippen LogP contribution in [0, 0.1) is 10.6 Å². The first-order valence-corrected chi connectivity index (χ1v) is 12.5.